The fraction of sp³-hybridized carbons (Fsp3) is 0.444. The van der Waals surface area contributed by atoms with Gasteiger partial charge >= 0.3 is 0 Å². The molecule has 2 heterocycles. The van der Waals surface area contributed by atoms with Gasteiger partial charge in [-0.25, -0.2) is 0 Å². The molecule has 0 radical (unpaired) electrons. The Labute approximate surface area is 210 Å². The molecule has 2 unspecified atom stereocenters. The van der Waals surface area contributed by atoms with Crippen molar-refractivity contribution < 1.29 is 23.9 Å². The van der Waals surface area contributed by atoms with Gasteiger partial charge in [0.05, 0.1) is 12.5 Å². The monoisotopic (exact) mass is 498 g/mol. The fourth-order valence-electron chi connectivity index (χ4n) is 5.29. The van der Waals surface area contributed by atoms with E-state index >= 15 is 0 Å². The number of methoxy groups -OCH3 is 2. The van der Waals surface area contributed by atoms with Gasteiger partial charge in [-0.1, -0.05) is 48.0 Å². The number of benzene rings is 2. The number of rotatable bonds is 9. The van der Waals surface area contributed by atoms with Crippen LogP contribution in [-0.2, 0) is 24.5 Å². The van der Waals surface area contributed by atoms with E-state index in [1.165, 1.54) is 12.0 Å². The molecule has 7 nitrogen and oxygen atoms in total. The number of amides is 3. The molecule has 0 saturated carbocycles. The number of imide groups is 1. The summed E-state index contributed by atoms with van der Waals surface area (Å²) in [4.78, 5) is 43.5. The molecule has 3 amide bonds. The van der Waals surface area contributed by atoms with Crippen molar-refractivity contribution in [1.29, 1.82) is 0 Å². The van der Waals surface area contributed by atoms with E-state index in [1.807, 2.05) is 30.3 Å². The molecule has 0 aromatic heterocycles. The molecule has 4 rings (SSSR count). The highest BCUT2D eigenvalue weighted by molar-refractivity contribution is 6.31. The first-order valence-corrected chi connectivity index (χ1v) is 12.3. The van der Waals surface area contributed by atoms with E-state index in [9.17, 15) is 14.4 Å². The van der Waals surface area contributed by atoms with Crippen LogP contribution in [0, 0.1) is 0 Å². The Kier molecular flexibility index (Phi) is 7.77. The lowest BCUT2D eigenvalue weighted by molar-refractivity contribution is -0.142. The summed E-state index contributed by atoms with van der Waals surface area (Å²) in [6.45, 7) is 1.81. The third kappa shape index (κ3) is 4.93. The Balaban J connectivity index is 1.61. The van der Waals surface area contributed by atoms with Crippen LogP contribution in [0.5, 0.6) is 5.75 Å². The van der Waals surface area contributed by atoms with E-state index < -0.39 is 5.41 Å². The lowest BCUT2D eigenvalue weighted by Crippen LogP contribution is -2.43. The summed E-state index contributed by atoms with van der Waals surface area (Å²) < 4.78 is 10.6. The second-order valence-electron chi connectivity index (χ2n) is 9.18. The summed E-state index contributed by atoms with van der Waals surface area (Å²) in [6, 6.07) is 14.9. The van der Waals surface area contributed by atoms with Gasteiger partial charge in [0.25, 0.3) is 0 Å². The van der Waals surface area contributed by atoms with Crippen LogP contribution in [0.3, 0.4) is 0 Å². The highest BCUT2D eigenvalue weighted by Gasteiger charge is 2.55. The number of hydrogen-bond donors (Lipinski definition) is 0. The highest BCUT2D eigenvalue weighted by Crippen LogP contribution is 2.44. The molecule has 2 saturated heterocycles. The summed E-state index contributed by atoms with van der Waals surface area (Å²) >= 11 is 6.39. The van der Waals surface area contributed by atoms with Gasteiger partial charge in [-0.3, -0.25) is 19.3 Å². The van der Waals surface area contributed by atoms with Gasteiger partial charge < -0.3 is 14.4 Å². The van der Waals surface area contributed by atoms with Crippen molar-refractivity contribution >= 4 is 29.3 Å². The number of para-hydroxylation sites is 1. The van der Waals surface area contributed by atoms with Crippen LogP contribution in [0.25, 0.3) is 0 Å². The molecule has 2 atom stereocenters. The van der Waals surface area contributed by atoms with Gasteiger partial charge in [-0.2, -0.15) is 0 Å². The standard InChI is InChI=1S/C27H31ClN2O5/c1-34-15-7-13-30-25(32)17-27(26(30)33,21-9-4-6-11-23(21)35-2)16-24(31)29-14-12-19(18-29)20-8-3-5-10-22(20)28/h3-6,8-11,19H,7,12-18H2,1-2H3. The van der Waals surface area contributed by atoms with Crippen molar-refractivity contribution in [3.8, 4) is 5.75 Å². The van der Waals surface area contributed by atoms with Crippen molar-refractivity contribution in [3.05, 3.63) is 64.7 Å². The summed E-state index contributed by atoms with van der Waals surface area (Å²) in [7, 11) is 3.11. The van der Waals surface area contributed by atoms with Crippen LogP contribution in [-0.4, -0.2) is 68.0 Å². The first kappa shape index (κ1) is 25.2. The predicted octanol–water partition coefficient (Wildman–Crippen LogP) is 3.79. The van der Waals surface area contributed by atoms with E-state index in [0.717, 1.165) is 12.0 Å². The molecule has 35 heavy (non-hydrogen) atoms. The molecule has 2 aromatic rings. The highest BCUT2D eigenvalue weighted by atomic mass is 35.5. The second-order valence-corrected chi connectivity index (χ2v) is 9.59. The quantitative estimate of drug-likeness (QED) is 0.388. The third-order valence-electron chi connectivity index (χ3n) is 7.10. The average molecular weight is 499 g/mol. The van der Waals surface area contributed by atoms with Crippen molar-refractivity contribution in [2.24, 2.45) is 0 Å². The molecule has 2 aliphatic rings. The molecule has 0 aliphatic carbocycles. The van der Waals surface area contributed by atoms with Crippen LogP contribution in [0.15, 0.2) is 48.5 Å². The molecule has 0 spiro atoms. The van der Waals surface area contributed by atoms with Crippen molar-refractivity contribution in [2.75, 3.05) is 40.5 Å². The molecule has 0 N–H and O–H groups in total. The van der Waals surface area contributed by atoms with Crippen LogP contribution in [0.1, 0.15) is 42.7 Å². The van der Waals surface area contributed by atoms with Crippen LogP contribution < -0.4 is 4.74 Å². The number of nitrogens with zero attached hydrogens (tertiary/aromatic N) is 2. The Hall–Kier alpha value is -2.90. The second kappa shape index (κ2) is 10.8. The van der Waals surface area contributed by atoms with Crippen molar-refractivity contribution in [2.45, 2.75) is 37.0 Å². The molecule has 186 valence electrons. The van der Waals surface area contributed by atoms with Gasteiger partial charge in [0.2, 0.25) is 17.7 Å². The minimum absolute atomic E-state index is 0.0628. The van der Waals surface area contributed by atoms with Gasteiger partial charge in [-0.15, -0.1) is 0 Å². The topological polar surface area (TPSA) is 76.2 Å². The van der Waals surface area contributed by atoms with Gasteiger partial charge in [0.1, 0.15) is 5.75 Å². The Bertz CT molecular complexity index is 1110. The lowest BCUT2D eigenvalue weighted by Gasteiger charge is -2.30. The number of halogens is 1. The number of ether oxygens (including phenoxy) is 2. The van der Waals surface area contributed by atoms with Crippen molar-refractivity contribution in [3.63, 3.8) is 0 Å². The summed E-state index contributed by atoms with van der Waals surface area (Å²) in [5.74, 6) is -0.138. The predicted molar refractivity (Wildman–Crippen MR) is 133 cm³/mol. The number of carbonyl (C=O) groups excluding carboxylic acids is 3. The molecule has 2 aromatic carbocycles. The number of likely N-dealkylation sites (tertiary alicyclic amines) is 2. The maximum absolute atomic E-state index is 13.8. The minimum Gasteiger partial charge on any atom is -0.496 e. The third-order valence-corrected chi connectivity index (χ3v) is 7.44. The Morgan fingerprint density at radius 2 is 1.86 bits per heavy atom. The normalized spacial score (nSPS) is 22.2. The molecule has 2 fully saturated rings. The molecule has 2 aliphatic heterocycles. The zero-order valence-corrected chi connectivity index (χ0v) is 20.9. The Morgan fingerprint density at radius 3 is 2.60 bits per heavy atom. The van der Waals surface area contributed by atoms with E-state index in [2.05, 4.69) is 0 Å². The molecule has 0 bridgehead atoms. The largest absolute Gasteiger partial charge is 0.496 e. The van der Waals surface area contributed by atoms with E-state index in [1.54, 1.807) is 30.2 Å². The average Bonchev–Trinajstić information content (AvgIpc) is 3.44. The van der Waals surface area contributed by atoms with Crippen LogP contribution in [0.2, 0.25) is 5.02 Å². The van der Waals surface area contributed by atoms with Gasteiger partial charge in [0.15, 0.2) is 0 Å². The van der Waals surface area contributed by atoms with Crippen LogP contribution >= 0.6 is 11.6 Å². The molecular formula is C27H31ClN2O5. The van der Waals surface area contributed by atoms with E-state index in [-0.39, 0.29) is 43.0 Å². The maximum atomic E-state index is 13.8. The minimum atomic E-state index is -1.30. The van der Waals surface area contributed by atoms with Crippen molar-refractivity contribution in [1.82, 2.24) is 9.80 Å². The zero-order chi connectivity index (χ0) is 25.0. The molecular weight excluding hydrogens is 468 g/mol. The summed E-state index contributed by atoms with van der Waals surface area (Å²) in [5, 5.41) is 0.695. The van der Waals surface area contributed by atoms with E-state index in [4.69, 9.17) is 21.1 Å². The first-order chi connectivity index (χ1) is 16.9. The SMILES string of the molecule is COCCCN1C(=O)CC(CC(=O)N2CCC(c3ccccc3Cl)C2)(c2ccccc2OC)C1=O. The fourth-order valence-corrected chi connectivity index (χ4v) is 5.58. The Morgan fingerprint density at radius 1 is 1.11 bits per heavy atom. The lowest BCUT2D eigenvalue weighted by atomic mass is 9.75. The van der Waals surface area contributed by atoms with E-state index in [0.29, 0.717) is 42.5 Å². The van der Waals surface area contributed by atoms with Gasteiger partial charge in [-0.05, 0) is 30.5 Å². The number of hydrogen-bond acceptors (Lipinski definition) is 5. The van der Waals surface area contributed by atoms with Gasteiger partial charge in [0, 0.05) is 62.7 Å². The molecule has 8 heteroatoms. The first-order valence-electron chi connectivity index (χ1n) is 11.9. The summed E-state index contributed by atoms with van der Waals surface area (Å²) in [6.07, 6.45) is 1.18. The maximum Gasteiger partial charge on any atom is 0.241 e. The zero-order valence-electron chi connectivity index (χ0n) is 20.2. The summed E-state index contributed by atoms with van der Waals surface area (Å²) in [5.41, 5.74) is 0.307. The smallest absolute Gasteiger partial charge is 0.241 e. The number of carbonyl (C=O) groups is 3. The van der Waals surface area contributed by atoms with Crippen LogP contribution in [0.4, 0.5) is 0 Å².